The summed E-state index contributed by atoms with van der Waals surface area (Å²) in [6.07, 6.45) is 0.386. The van der Waals surface area contributed by atoms with E-state index >= 15 is 0 Å². The minimum Gasteiger partial charge on any atom is -0.493 e. The molecular formula is C22H27BrN2O5. The van der Waals surface area contributed by atoms with Crippen LogP contribution in [0.25, 0.3) is 0 Å². The van der Waals surface area contributed by atoms with Crippen LogP contribution in [0.15, 0.2) is 40.9 Å². The fourth-order valence-corrected chi connectivity index (χ4v) is 3.87. The van der Waals surface area contributed by atoms with E-state index in [-0.39, 0.29) is 12.0 Å². The average molecular weight is 479 g/mol. The molecule has 0 aliphatic carbocycles. The van der Waals surface area contributed by atoms with E-state index in [0.717, 1.165) is 23.1 Å². The molecule has 0 aromatic heterocycles. The molecule has 0 saturated carbocycles. The van der Waals surface area contributed by atoms with Crippen LogP contribution < -0.4 is 19.5 Å². The zero-order valence-corrected chi connectivity index (χ0v) is 19.0. The van der Waals surface area contributed by atoms with Crippen molar-refractivity contribution in [2.24, 2.45) is 0 Å². The van der Waals surface area contributed by atoms with E-state index in [2.05, 4.69) is 38.3 Å². The lowest BCUT2D eigenvalue weighted by molar-refractivity contribution is -0.117. The van der Waals surface area contributed by atoms with E-state index in [1.165, 1.54) is 0 Å². The van der Waals surface area contributed by atoms with Gasteiger partial charge in [-0.3, -0.25) is 9.69 Å². The second-order valence-corrected chi connectivity index (χ2v) is 7.84. The first kappa shape index (κ1) is 22.4. The van der Waals surface area contributed by atoms with Crippen LogP contribution in [0.1, 0.15) is 18.1 Å². The highest BCUT2D eigenvalue weighted by molar-refractivity contribution is 9.10. The van der Waals surface area contributed by atoms with Gasteiger partial charge >= 0.3 is 0 Å². The molecule has 0 spiro atoms. The van der Waals surface area contributed by atoms with Crippen LogP contribution >= 0.6 is 15.9 Å². The van der Waals surface area contributed by atoms with Gasteiger partial charge in [0.1, 0.15) is 0 Å². The van der Waals surface area contributed by atoms with Crippen molar-refractivity contribution < 1.29 is 23.7 Å². The van der Waals surface area contributed by atoms with Gasteiger partial charge < -0.3 is 24.3 Å². The lowest BCUT2D eigenvalue weighted by Crippen LogP contribution is -2.39. The molecule has 7 nitrogen and oxygen atoms in total. The number of halogens is 1. The number of amides is 1. The molecule has 1 atom stereocenters. The number of carbonyl (C=O) groups is 1. The van der Waals surface area contributed by atoms with E-state index in [1.54, 1.807) is 33.5 Å². The van der Waals surface area contributed by atoms with E-state index < -0.39 is 0 Å². The first-order valence-corrected chi connectivity index (χ1v) is 10.5. The van der Waals surface area contributed by atoms with Gasteiger partial charge in [0.25, 0.3) is 0 Å². The predicted octanol–water partition coefficient (Wildman–Crippen LogP) is 3.88. The van der Waals surface area contributed by atoms with E-state index in [0.29, 0.717) is 42.5 Å². The van der Waals surface area contributed by atoms with Gasteiger partial charge in [0.2, 0.25) is 11.7 Å². The van der Waals surface area contributed by atoms with Gasteiger partial charge in [-0.15, -0.1) is 0 Å². The van der Waals surface area contributed by atoms with Gasteiger partial charge in [-0.2, -0.15) is 0 Å². The lowest BCUT2D eigenvalue weighted by Gasteiger charge is -2.33. The molecule has 1 aliphatic heterocycles. The quantitative estimate of drug-likeness (QED) is 0.620. The zero-order valence-electron chi connectivity index (χ0n) is 17.4. The normalized spacial score (nSPS) is 16.7. The Labute approximate surface area is 185 Å². The van der Waals surface area contributed by atoms with Crippen LogP contribution in [0.3, 0.4) is 0 Å². The fourth-order valence-electron chi connectivity index (χ4n) is 3.45. The van der Waals surface area contributed by atoms with Crippen molar-refractivity contribution in [3.8, 4) is 17.2 Å². The molecule has 1 heterocycles. The summed E-state index contributed by atoms with van der Waals surface area (Å²) >= 11 is 3.51. The summed E-state index contributed by atoms with van der Waals surface area (Å²) in [5.74, 6) is 1.41. The fraction of sp³-hybridized carbons (Fsp3) is 0.409. The van der Waals surface area contributed by atoms with Crippen molar-refractivity contribution >= 4 is 27.5 Å². The van der Waals surface area contributed by atoms with E-state index in [1.807, 2.05) is 12.1 Å². The monoisotopic (exact) mass is 478 g/mol. The molecule has 1 N–H and O–H groups in total. The summed E-state index contributed by atoms with van der Waals surface area (Å²) in [7, 11) is 4.63. The van der Waals surface area contributed by atoms with E-state index in [9.17, 15) is 4.79 Å². The molecule has 2 aromatic carbocycles. The highest BCUT2D eigenvalue weighted by Crippen LogP contribution is 2.40. The van der Waals surface area contributed by atoms with E-state index in [4.69, 9.17) is 18.9 Å². The number of ether oxygens (including phenoxy) is 4. The number of carbonyl (C=O) groups excluding carboxylic acids is 1. The minimum atomic E-state index is -0.0743. The maximum absolute atomic E-state index is 12.5. The minimum absolute atomic E-state index is 0.00872. The summed E-state index contributed by atoms with van der Waals surface area (Å²) in [5, 5.41) is 2.91. The Kier molecular flexibility index (Phi) is 7.95. The van der Waals surface area contributed by atoms with Crippen LogP contribution in [-0.2, 0) is 9.53 Å². The van der Waals surface area contributed by atoms with Crippen molar-refractivity contribution in [1.29, 1.82) is 0 Å². The van der Waals surface area contributed by atoms with Crippen LogP contribution in [0, 0.1) is 0 Å². The van der Waals surface area contributed by atoms with Crippen molar-refractivity contribution in [3.05, 3.63) is 46.4 Å². The summed E-state index contributed by atoms with van der Waals surface area (Å²) in [6.45, 7) is 2.87. The first-order chi connectivity index (χ1) is 14.5. The van der Waals surface area contributed by atoms with Crippen LogP contribution in [0.5, 0.6) is 17.2 Å². The molecule has 1 aliphatic rings. The number of methoxy groups -OCH3 is 3. The van der Waals surface area contributed by atoms with Gasteiger partial charge in [-0.1, -0.05) is 28.1 Å². The van der Waals surface area contributed by atoms with Crippen molar-refractivity contribution in [2.45, 2.75) is 12.5 Å². The number of nitrogens with zero attached hydrogens (tertiary/aromatic N) is 1. The Morgan fingerprint density at radius 3 is 2.53 bits per heavy atom. The molecular weight excluding hydrogens is 452 g/mol. The molecule has 162 valence electrons. The molecule has 2 aromatic rings. The third kappa shape index (κ3) is 5.65. The molecule has 1 fully saturated rings. The highest BCUT2D eigenvalue weighted by Gasteiger charge is 2.22. The molecule has 3 rings (SSSR count). The number of anilines is 1. The number of benzene rings is 2. The third-order valence-electron chi connectivity index (χ3n) is 4.97. The topological polar surface area (TPSA) is 69.3 Å². The molecule has 0 radical (unpaired) electrons. The maximum atomic E-state index is 12.5. The summed E-state index contributed by atoms with van der Waals surface area (Å²) in [6, 6.07) is 11.6. The SMILES string of the molecule is COc1cc(NC(=O)CCN2CCOC(c3cccc(Br)c3)C2)cc(OC)c1OC. The van der Waals surface area contributed by atoms with Crippen molar-refractivity contribution in [2.75, 3.05) is 52.9 Å². The third-order valence-corrected chi connectivity index (χ3v) is 5.47. The standard InChI is InChI=1S/C22H27BrN2O5/c1-27-18-12-17(13-19(28-2)22(18)29-3)24-21(26)7-8-25-9-10-30-20(14-25)15-5-4-6-16(23)11-15/h4-6,11-13,20H,7-10,14H2,1-3H3,(H,24,26). The molecule has 30 heavy (non-hydrogen) atoms. The zero-order chi connectivity index (χ0) is 21.5. The number of nitrogens with one attached hydrogen (secondary N) is 1. The lowest BCUT2D eigenvalue weighted by atomic mass is 10.1. The van der Waals surface area contributed by atoms with Crippen LogP contribution in [0.4, 0.5) is 5.69 Å². The van der Waals surface area contributed by atoms with Gasteiger partial charge in [-0.25, -0.2) is 0 Å². The largest absolute Gasteiger partial charge is 0.493 e. The van der Waals surface area contributed by atoms with Gasteiger partial charge in [0.05, 0.1) is 34.0 Å². The Hall–Kier alpha value is -2.29. The Bertz CT molecular complexity index is 851. The second-order valence-electron chi connectivity index (χ2n) is 6.93. The molecule has 1 unspecified atom stereocenters. The highest BCUT2D eigenvalue weighted by atomic mass is 79.9. The second kappa shape index (κ2) is 10.7. The smallest absolute Gasteiger partial charge is 0.225 e. The summed E-state index contributed by atoms with van der Waals surface area (Å²) in [4.78, 5) is 14.8. The summed E-state index contributed by atoms with van der Waals surface area (Å²) in [5.41, 5.74) is 1.74. The molecule has 0 bridgehead atoms. The van der Waals surface area contributed by atoms with Crippen molar-refractivity contribution in [3.63, 3.8) is 0 Å². The number of rotatable bonds is 8. The Morgan fingerprint density at radius 2 is 1.90 bits per heavy atom. The number of hydrogen-bond donors (Lipinski definition) is 1. The van der Waals surface area contributed by atoms with Crippen molar-refractivity contribution in [1.82, 2.24) is 4.90 Å². The molecule has 8 heteroatoms. The molecule has 1 saturated heterocycles. The number of morpholine rings is 1. The van der Waals surface area contributed by atoms with Gasteiger partial charge in [0, 0.05) is 48.3 Å². The maximum Gasteiger partial charge on any atom is 0.225 e. The Balaban J connectivity index is 1.57. The molecule has 1 amide bonds. The van der Waals surface area contributed by atoms with Gasteiger partial charge in [-0.05, 0) is 17.7 Å². The van der Waals surface area contributed by atoms with Crippen LogP contribution in [0.2, 0.25) is 0 Å². The predicted molar refractivity (Wildman–Crippen MR) is 119 cm³/mol. The van der Waals surface area contributed by atoms with Crippen LogP contribution in [-0.4, -0.2) is 58.4 Å². The average Bonchev–Trinajstić information content (AvgIpc) is 2.77. The summed E-state index contributed by atoms with van der Waals surface area (Å²) < 4.78 is 22.9. The Morgan fingerprint density at radius 1 is 1.17 bits per heavy atom. The first-order valence-electron chi connectivity index (χ1n) is 9.73. The van der Waals surface area contributed by atoms with Gasteiger partial charge in [0.15, 0.2) is 11.5 Å². The number of hydrogen-bond acceptors (Lipinski definition) is 6.